The largest absolute Gasteiger partial charge is 0.495 e. The van der Waals surface area contributed by atoms with E-state index in [9.17, 15) is 18.4 Å². The fourth-order valence-electron chi connectivity index (χ4n) is 4.22. The van der Waals surface area contributed by atoms with E-state index in [1.54, 1.807) is 19.1 Å². The van der Waals surface area contributed by atoms with Crippen molar-refractivity contribution in [2.24, 2.45) is 0 Å². The molecule has 4 aromatic rings. The van der Waals surface area contributed by atoms with E-state index in [-0.39, 0.29) is 35.2 Å². The maximum absolute atomic E-state index is 13.6. The Bertz CT molecular complexity index is 1610. The monoisotopic (exact) mass is 586 g/mol. The van der Waals surface area contributed by atoms with Gasteiger partial charge in [0.2, 0.25) is 0 Å². The molecule has 1 N–H and O–H groups in total. The molecule has 0 bridgehead atoms. The number of alkyl halides is 2. The third-order valence-corrected chi connectivity index (χ3v) is 7.36. The number of carbonyl (C=O) groups excluding carboxylic acids is 2. The zero-order valence-electron chi connectivity index (χ0n) is 21.4. The van der Waals surface area contributed by atoms with Gasteiger partial charge < -0.3 is 14.4 Å². The summed E-state index contributed by atoms with van der Waals surface area (Å²) >= 11 is 7.30. The van der Waals surface area contributed by atoms with Crippen molar-refractivity contribution in [1.82, 2.24) is 24.8 Å². The van der Waals surface area contributed by atoms with Crippen molar-refractivity contribution in [3.05, 3.63) is 75.0 Å². The molecule has 40 heavy (non-hydrogen) atoms. The minimum atomic E-state index is -2.90. The molecule has 5 heterocycles. The molecule has 0 fully saturated rings. The summed E-state index contributed by atoms with van der Waals surface area (Å²) in [5.74, 6) is -0.536. The quantitative estimate of drug-likeness (QED) is 0.289. The van der Waals surface area contributed by atoms with E-state index in [1.165, 1.54) is 49.0 Å². The number of anilines is 1. The molecular weight excluding hydrogens is 566 g/mol. The molecule has 10 nitrogen and oxygen atoms in total. The fraction of sp³-hybridized carbons (Fsp3) is 0.231. The van der Waals surface area contributed by atoms with E-state index >= 15 is 0 Å². The van der Waals surface area contributed by atoms with Crippen LogP contribution in [0.5, 0.6) is 11.5 Å². The third kappa shape index (κ3) is 5.29. The second kappa shape index (κ2) is 11.1. The molecule has 0 spiro atoms. The number of fused-ring (bicyclic) bond motifs is 1. The predicted octanol–water partition coefficient (Wildman–Crippen LogP) is 5.32. The topological polar surface area (TPSA) is 119 Å². The molecule has 0 radical (unpaired) electrons. The molecule has 0 atom stereocenters. The summed E-state index contributed by atoms with van der Waals surface area (Å²) in [6.07, 6.45) is 1.25. The molecule has 0 unspecified atom stereocenters. The zero-order valence-corrected chi connectivity index (χ0v) is 22.9. The second-order valence-corrected chi connectivity index (χ2v) is 10.2. The Labute approximate surface area is 236 Å². The maximum atomic E-state index is 13.6. The summed E-state index contributed by atoms with van der Waals surface area (Å²) in [7, 11) is 2.82. The Hall–Kier alpha value is -4.23. The van der Waals surface area contributed by atoms with Crippen molar-refractivity contribution in [3.63, 3.8) is 0 Å². The van der Waals surface area contributed by atoms with Gasteiger partial charge in [0.1, 0.15) is 22.3 Å². The van der Waals surface area contributed by atoms with Gasteiger partial charge in [-0.25, -0.2) is 23.7 Å². The number of aryl methyl sites for hydroxylation is 1. The molecular formula is C26H21ClF2N6O4S. The number of ether oxygens (including phenoxy) is 2. The Morgan fingerprint density at radius 2 is 1.85 bits per heavy atom. The number of nitrogens with zero attached hydrogens (tertiary/aromatic N) is 5. The number of nitrogens with one attached hydrogen (secondary N) is 1. The van der Waals surface area contributed by atoms with Crippen LogP contribution in [0.4, 0.5) is 13.9 Å². The van der Waals surface area contributed by atoms with Gasteiger partial charge in [-0.3, -0.25) is 19.9 Å². The van der Waals surface area contributed by atoms with E-state index in [0.717, 1.165) is 10.9 Å². The normalized spacial score (nSPS) is 12.4. The highest BCUT2D eigenvalue weighted by atomic mass is 35.5. The molecule has 0 aliphatic carbocycles. The van der Waals surface area contributed by atoms with E-state index in [0.29, 0.717) is 33.4 Å². The Kier molecular flexibility index (Phi) is 7.59. The van der Waals surface area contributed by atoms with Gasteiger partial charge in [0.25, 0.3) is 18.2 Å². The van der Waals surface area contributed by atoms with Crippen LogP contribution in [0.1, 0.15) is 49.1 Å². The predicted molar refractivity (Wildman–Crippen MR) is 143 cm³/mol. The van der Waals surface area contributed by atoms with Gasteiger partial charge in [-0.15, -0.1) is 0 Å². The van der Waals surface area contributed by atoms with Crippen LogP contribution < -0.4 is 14.8 Å². The van der Waals surface area contributed by atoms with Gasteiger partial charge in [0.15, 0.2) is 5.13 Å². The molecule has 2 amide bonds. The van der Waals surface area contributed by atoms with Crippen molar-refractivity contribution in [2.45, 2.75) is 26.4 Å². The van der Waals surface area contributed by atoms with Gasteiger partial charge in [0.05, 0.1) is 61.4 Å². The third-order valence-electron chi connectivity index (χ3n) is 6.16. The number of thiazole rings is 1. The molecule has 4 aromatic heterocycles. The number of aromatic nitrogens is 4. The van der Waals surface area contributed by atoms with Crippen molar-refractivity contribution in [2.75, 3.05) is 19.5 Å². The van der Waals surface area contributed by atoms with Crippen molar-refractivity contribution >= 4 is 39.9 Å². The van der Waals surface area contributed by atoms with Gasteiger partial charge >= 0.3 is 0 Å². The van der Waals surface area contributed by atoms with Crippen molar-refractivity contribution < 1.29 is 27.8 Å². The lowest BCUT2D eigenvalue weighted by Crippen LogP contribution is -2.27. The number of pyridine rings is 3. The summed E-state index contributed by atoms with van der Waals surface area (Å²) in [4.78, 5) is 45.1. The summed E-state index contributed by atoms with van der Waals surface area (Å²) < 4.78 is 37.6. The van der Waals surface area contributed by atoms with Crippen LogP contribution in [0.25, 0.3) is 11.1 Å². The number of hydrogen-bond acceptors (Lipinski definition) is 9. The summed E-state index contributed by atoms with van der Waals surface area (Å²) in [6, 6.07) is 4.45. The summed E-state index contributed by atoms with van der Waals surface area (Å²) in [5, 5.41) is 3.35. The van der Waals surface area contributed by atoms with Gasteiger partial charge in [-0.05, 0) is 25.1 Å². The minimum absolute atomic E-state index is 0.0843. The van der Waals surface area contributed by atoms with Crippen LogP contribution in [0, 0.1) is 6.92 Å². The van der Waals surface area contributed by atoms with Crippen molar-refractivity contribution in [3.8, 4) is 22.6 Å². The number of amides is 2. The van der Waals surface area contributed by atoms with Gasteiger partial charge in [-0.1, -0.05) is 22.9 Å². The molecule has 0 aromatic carbocycles. The average Bonchev–Trinajstić information content (AvgIpc) is 3.51. The molecule has 0 saturated carbocycles. The minimum Gasteiger partial charge on any atom is -0.495 e. The lowest BCUT2D eigenvalue weighted by molar-refractivity contribution is 0.0731. The first-order valence-electron chi connectivity index (χ1n) is 11.8. The highest BCUT2D eigenvalue weighted by Gasteiger charge is 2.32. The zero-order chi connectivity index (χ0) is 28.6. The van der Waals surface area contributed by atoms with Crippen molar-refractivity contribution in [1.29, 1.82) is 0 Å². The van der Waals surface area contributed by atoms with Gasteiger partial charge in [-0.2, -0.15) is 0 Å². The number of hydrogen-bond donors (Lipinski definition) is 1. The summed E-state index contributed by atoms with van der Waals surface area (Å²) in [5.41, 5.74) is 1.79. The Morgan fingerprint density at radius 1 is 1.05 bits per heavy atom. The first-order valence-corrected chi connectivity index (χ1v) is 13.0. The summed E-state index contributed by atoms with van der Waals surface area (Å²) in [6.45, 7) is 2.02. The molecule has 14 heteroatoms. The van der Waals surface area contributed by atoms with Gasteiger partial charge in [0, 0.05) is 23.0 Å². The highest BCUT2D eigenvalue weighted by molar-refractivity contribution is 7.16. The van der Waals surface area contributed by atoms with Crippen LogP contribution in [0.15, 0.2) is 36.8 Å². The van der Waals surface area contributed by atoms with E-state index < -0.39 is 23.8 Å². The Balaban J connectivity index is 1.35. The smallest absolute Gasteiger partial charge is 0.273 e. The standard InChI is InChI=1S/C26H21ClF2N6O4S/c1-12-4-14(15-6-21(27)31-9-19(15)39-3)17(8-30-12)24(36)34-26-33-18-10-35(11-20(18)40-26)25(37)22-16(23(28)29)5-13(38-2)7-32-22/h4-9,23H,10-11H2,1-3H3,(H,33,34,36). The van der Waals surface area contributed by atoms with E-state index in [2.05, 4.69) is 25.3 Å². The number of carbonyl (C=O) groups is 2. The first kappa shape index (κ1) is 27.3. The first-order chi connectivity index (χ1) is 19.2. The molecule has 0 saturated heterocycles. The Morgan fingerprint density at radius 3 is 2.55 bits per heavy atom. The van der Waals surface area contributed by atoms with E-state index in [1.807, 2.05) is 0 Å². The van der Waals surface area contributed by atoms with Crippen LogP contribution in [-0.2, 0) is 13.1 Å². The van der Waals surface area contributed by atoms with Crippen LogP contribution in [0.2, 0.25) is 5.15 Å². The van der Waals surface area contributed by atoms with E-state index in [4.69, 9.17) is 21.1 Å². The second-order valence-electron chi connectivity index (χ2n) is 8.70. The highest BCUT2D eigenvalue weighted by Crippen LogP contribution is 2.36. The maximum Gasteiger partial charge on any atom is 0.273 e. The SMILES string of the molecule is COc1cnc(C(=O)N2Cc3nc(NC(=O)c4cnc(C)cc4-c4cc(Cl)ncc4OC)sc3C2)c(C(F)F)c1. The molecule has 1 aliphatic rings. The molecule has 5 rings (SSSR count). The lowest BCUT2D eigenvalue weighted by atomic mass is 10.0. The number of methoxy groups -OCH3 is 2. The van der Waals surface area contributed by atoms with Crippen LogP contribution in [-0.4, -0.2) is 50.9 Å². The number of halogens is 3. The molecule has 206 valence electrons. The average molecular weight is 587 g/mol. The van der Waals surface area contributed by atoms with Crippen LogP contribution >= 0.6 is 22.9 Å². The molecule has 1 aliphatic heterocycles. The van der Waals surface area contributed by atoms with Crippen LogP contribution in [0.3, 0.4) is 0 Å². The number of rotatable bonds is 7. The fourth-order valence-corrected chi connectivity index (χ4v) is 5.36. The lowest BCUT2D eigenvalue weighted by Gasteiger charge is -2.17.